The van der Waals surface area contributed by atoms with Gasteiger partial charge in [0, 0.05) is 18.7 Å². The average Bonchev–Trinajstić information content (AvgIpc) is 3.31. The number of amides is 3. The van der Waals surface area contributed by atoms with Gasteiger partial charge in [-0.25, -0.2) is 4.39 Å². The number of phenolic OH excluding ortho intramolecular Hbond substituents is 1. The molecular formula is C21H19FN2O5. The molecule has 1 saturated heterocycles. The molecule has 0 spiro atoms. The smallest absolute Gasteiger partial charge is 0.261 e. The number of rotatable bonds is 5. The lowest BCUT2D eigenvalue weighted by molar-refractivity contribution is 0.0475. The number of benzene rings is 2. The number of phenols is 1. The van der Waals surface area contributed by atoms with Crippen LogP contribution in [-0.2, 0) is 11.3 Å². The van der Waals surface area contributed by atoms with Crippen LogP contribution in [-0.4, -0.2) is 47.0 Å². The molecular weight excluding hydrogens is 379 g/mol. The van der Waals surface area contributed by atoms with Crippen molar-refractivity contribution in [2.45, 2.75) is 25.5 Å². The number of carbonyl (C=O) groups is 3. The third kappa shape index (κ3) is 3.71. The molecule has 7 nitrogen and oxygen atoms in total. The quantitative estimate of drug-likeness (QED) is 0.753. The third-order valence-electron chi connectivity index (χ3n) is 5.11. The molecule has 0 unspecified atom stereocenters. The minimum absolute atomic E-state index is 0.0468. The topological polar surface area (TPSA) is 95.9 Å². The second-order valence-electron chi connectivity index (χ2n) is 7.08. The first kappa shape index (κ1) is 19.1. The highest BCUT2D eigenvalue weighted by atomic mass is 19.1. The number of carbonyl (C=O) groups excluding carboxylic acids is 3. The fraction of sp³-hybridized carbons (Fsp3) is 0.286. The Labute approximate surface area is 166 Å². The Balaban J connectivity index is 1.46. The number of hydrogen-bond donors (Lipinski definition) is 2. The Hall–Kier alpha value is -3.26. The molecule has 1 fully saturated rings. The molecule has 2 heterocycles. The highest BCUT2D eigenvalue weighted by Crippen LogP contribution is 2.26. The number of halogens is 1. The van der Waals surface area contributed by atoms with Gasteiger partial charge in [0.2, 0.25) is 0 Å². The molecule has 8 heteroatoms. The molecule has 0 aliphatic carbocycles. The summed E-state index contributed by atoms with van der Waals surface area (Å²) in [6.45, 7) is 0.883. The molecule has 4 rings (SSSR count). The molecule has 0 saturated carbocycles. The summed E-state index contributed by atoms with van der Waals surface area (Å²) in [6, 6.07) is 8.18. The number of nitrogens with one attached hydrogen (secondary N) is 1. The maximum Gasteiger partial charge on any atom is 0.261 e. The van der Waals surface area contributed by atoms with Gasteiger partial charge in [-0.3, -0.25) is 19.3 Å². The predicted molar refractivity (Wildman–Crippen MR) is 100 cm³/mol. The summed E-state index contributed by atoms with van der Waals surface area (Å²) in [5.74, 6) is -2.51. The van der Waals surface area contributed by atoms with Gasteiger partial charge in [0.15, 0.2) is 11.6 Å². The fourth-order valence-corrected chi connectivity index (χ4v) is 3.53. The maximum absolute atomic E-state index is 13.4. The Kier molecular flexibility index (Phi) is 5.02. The first-order valence-electron chi connectivity index (χ1n) is 9.31. The van der Waals surface area contributed by atoms with Crippen LogP contribution in [0.2, 0.25) is 0 Å². The molecule has 29 heavy (non-hydrogen) atoms. The zero-order chi connectivity index (χ0) is 20.5. The summed E-state index contributed by atoms with van der Waals surface area (Å²) in [7, 11) is 0. The summed E-state index contributed by atoms with van der Waals surface area (Å²) in [6.07, 6.45) is 1.56. The second-order valence-corrected chi connectivity index (χ2v) is 7.08. The first-order valence-corrected chi connectivity index (χ1v) is 9.31. The zero-order valence-electron chi connectivity index (χ0n) is 15.5. The minimum Gasteiger partial charge on any atom is -0.505 e. The van der Waals surface area contributed by atoms with Gasteiger partial charge in [-0.05, 0) is 48.7 Å². The summed E-state index contributed by atoms with van der Waals surface area (Å²) < 4.78 is 18.9. The number of hydrogen-bond acceptors (Lipinski definition) is 5. The Morgan fingerprint density at radius 1 is 1.17 bits per heavy atom. The molecule has 2 aromatic rings. The molecule has 0 radical (unpaired) electrons. The van der Waals surface area contributed by atoms with Crippen LogP contribution in [0.4, 0.5) is 4.39 Å². The van der Waals surface area contributed by atoms with E-state index in [2.05, 4.69) is 5.32 Å². The van der Waals surface area contributed by atoms with Crippen LogP contribution in [0.3, 0.4) is 0 Å². The summed E-state index contributed by atoms with van der Waals surface area (Å²) >= 11 is 0. The van der Waals surface area contributed by atoms with Gasteiger partial charge < -0.3 is 15.2 Å². The van der Waals surface area contributed by atoms with E-state index in [4.69, 9.17) is 4.74 Å². The second kappa shape index (κ2) is 7.63. The lowest BCUT2D eigenvalue weighted by Crippen LogP contribution is -2.36. The summed E-state index contributed by atoms with van der Waals surface area (Å²) in [5, 5.41) is 11.8. The van der Waals surface area contributed by atoms with Crippen LogP contribution in [0, 0.1) is 5.82 Å². The standard InChI is InChI=1S/C21H19FN2O5/c22-17-8-12(3-6-18(17)25)10-23-19(26)13-4-5-15-16(9-13)21(28)24(20(15)27)11-14-2-1-7-29-14/h3-6,8-9,14,25H,1-2,7,10-11H2,(H,23,26)/t14-/m0/s1. The zero-order valence-corrected chi connectivity index (χ0v) is 15.5. The maximum atomic E-state index is 13.4. The third-order valence-corrected chi connectivity index (χ3v) is 5.11. The number of nitrogens with zero attached hydrogens (tertiary/aromatic N) is 1. The first-order chi connectivity index (χ1) is 13.9. The fourth-order valence-electron chi connectivity index (χ4n) is 3.53. The number of aromatic hydroxyl groups is 1. The Morgan fingerprint density at radius 2 is 1.97 bits per heavy atom. The monoisotopic (exact) mass is 398 g/mol. The van der Waals surface area contributed by atoms with Gasteiger partial charge >= 0.3 is 0 Å². The van der Waals surface area contributed by atoms with E-state index in [1.807, 2.05) is 0 Å². The minimum atomic E-state index is -0.773. The van der Waals surface area contributed by atoms with Crippen molar-refractivity contribution in [1.82, 2.24) is 10.2 Å². The molecule has 0 aromatic heterocycles. The number of imide groups is 1. The van der Waals surface area contributed by atoms with Gasteiger partial charge in [-0.1, -0.05) is 6.07 Å². The largest absolute Gasteiger partial charge is 0.505 e. The normalized spacial score (nSPS) is 18.2. The molecule has 2 aliphatic rings. The Morgan fingerprint density at radius 3 is 2.69 bits per heavy atom. The van der Waals surface area contributed by atoms with E-state index in [0.29, 0.717) is 12.2 Å². The summed E-state index contributed by atoms with van der Waals surface area (Å²) in [5.41, 5.74) is 1.16. The highest BCUT2D eigenvalue weighted by molar-refractivity contribution is 6.22. The van der Waals surface area contributed by atoms with Crippen molar-refractivity contribution in [3.05, 3.63) is 64.5 Å². The van der Waals surface area contributed by atoms with Crippen LogP contribution in [0.1, 0.15) is 49.5 Å². The SMILES string of the molecule is O=C(NCc1ccc(O)c(F)c1)c1ccc2c(c1)C(=O)N(C[C@@H]1CCCO1)C2=O. The van der Waals surface area contributed by atoms with Gasteiger partial charge in [-0.15, -0.1) is 0 Å². The van der Waals surface area contributed by atoms with Crippen molar-refractivity contribution >= 4 is 17.7 Å². The van der Waals surface area contributed by atoms with E-state index in [1.165, 1.54) is 35.2 Å². The average molecular weight is 398 g/mol. The van der Waals surface area contributed by atoms with Crippen molar-refractivity contribution in [3.63, 3.8) is 0 Å². The Bertz CT molecular complexity index is 1000. The molecule has 2 N–H and O–H groups in total. The van der Waals surface area contributed by atoms with E-state index < -0.39 is 23.4 Å². The molecule has 1 atom stereocenters. The molecule has 2 aromatic carbocycles. The van der Waals surface area contributed by atoms with Crippen molar-refractivity contribution in [3.8, 4) is 5.75 Å². The summed E-state index contributed by atoms with van der Waals surface area (Å²) in [4.78, 5) is 38.8. The van der Waals surface area contributed by atoms with E-state index in [9.17, 15) is 23.9 Å². The van der Waals surface area contributed by atoms with E-state index >= 15 is 0 Å². The number of ether oxygens (including phenoxy) is 1. The van der Waals surface area contributed by atoms with Gasteiger partial charge in [0.1, 0.15) is 0 Å². The van der Waals surface area contributed by atoms with Crippen molar-refractivity contribution in [1.29, 1.82) is 0 Å². The van der Waals surface area contributed by atoms with Crippen LogP contribution >= 0.6 is 0 Å². The highest BCUT2D eigenvalue weighted by Gasteiger charge is 2.37. The van der Waals surface area contributed by atoms with E-state index in [-0.39, 0.29) is 41.8 Å². The van der Waals surface area contributed by atoms with Crippen LogP contribution in [0.25, 0.3) is 0 Å². The molecule has 150 valence electrons. The lowest BCUT2D eigenvalue weighted by atomic mass is 10.1. The predicted octanol–water partition coefficient (Wildman–Crippen LogP) is 2.24. The van der Waals surface area contributed by atoms with Gasteiger partial charge in [-0.2, -0.15) is 0 Å². The van der Waals surface area contributed by atoms with E-state index in [0.717, 1.165) is 18.9 Å². The van der Waals surface area contributed by atoms with Crippen LogP contribution in [0.15, 0.2) is 36.4 Å². The van der Waals surface area contributed by atoms with E-state index in [1.54, 1.807) is 0 Å². The molecule has 2 aliphatic heterocycles. The van der Waals surface area contributed by atoms with Gasteiger partial charge in [0.05, 0.1) is 23.8 Å². The van der Waals surface area contributed by atoms with Crippen LogP contribution in [0.5, 0.6) is 5.75 Å². The molecule has 3 amide bonds. The van der Waals surface area contributed by atoms with Crippen LogP contribution < -0.4 is 5.32 Å². The molecule has 0 bridgehead atoms. The number of fused-ring (bicyclic) bond motifs is 1. The van der Waals surface area contributed by atoms with Gasteiger partial charge in [0.25, 0.3) is 17.7 Å². The van der Waals surface area contributed by atoms with Crippen molar-refractivity contribution in [2.24, 2.45) is 0 Å². The lowest BCUT2D eigenvalue weighted by Gasteiger charge is -2.17. The van der Waals surface area contributed by atoms with Crippen molar-refractivity contribution < 1.29 is 28.6 Å². The van der Waals surface area contributed by atoms with Crippen molar-refractivity contribution in [2.75, 3.05) is 13.2 Å².